The minimum atomic E-state index is -1.01. The molecule has 0 saturated carbocycles. The fraction of sp³-hybridized carbons (Fsp3) is 0.158. The zero-order valence-electron chi connectivity index (χ0n) is 13.9. The second-order valence-corrected chi connectivity index (χ2v) is 5.83. The minimum Gasteiger partial charge on any atom is -0.507 e. The molecule has 0 bridgehead atoms. The molecule has 2 aromatic carbocycles. The predicted molar refractivity (Wildman–Crippen MR) is 92.2 cm³/mol. The Kier molecular flexibility index (Phi) is 4.71. The van der Waals surface area contributed by atoms with Crippen molar-refractivity contribution in [3.63, 3.8) is 0 Å². The van der Waals surface area contributed by atoms with Gasteiger partial charge >= 0.3 is 0 Å². The summed E-state index contributed by atoms with van der Waals surface area (Å²) in [4.78, 5) is 26.1. The van der Waals surface area contributed by atoms with Gasteiger partial charge in [-0.15, -0.1) is 0 Å². The highest BCUT2D eigenvalue weighted by Gasteiger charge is 2.30. The Morgan fingerprint density at radius 1 is 1.19 bits per heavy atom. The average molecular weight is 358 g/mol. The van der Waals surface area contributed by atoms with E-state index in [9.17, 15) is 23.5 Å². The number of benzene rings is 2. The van der Waals surface area contributed by atoms with Crippen molar-refractivity contribution in [1.29, 1.82) is 0 Å². The number of amides is 2. The summed E-state index contributed by atoms with van der Waals surface area (Å²) < 4.78 is 26.7. The first-order valence-corrected chi connectivity index (χ1v) is 7.90. The molecule has 0 atom stereocenters. The molecule has 0 radical (unpaired) electrons. The first kappa shape index (κ1) is 17.6. The summed E-state index contributed by atoms with van der Waals surface area (Å²) in [7, 11) is 1.41. The van der Waals surface area contributed by atoms with Crippen LogP contribution in [0.4, 0.5) is 14.5 Å². The van der Waals surface area contributed by atoms with Gasteiger partial charge in [-0.25, -0.2) is 8.78 Å². The summed E-state index contributed by atoms with van der Waals surface area (Å²) in [6.45, 7) is -0.0264. The number of hydrogen-bond acceptors (Lipinski definition) is 3. The highest BCUT2D eigenvalue weighted by molar-refractivity contribution is 6.10. The maximum atomic E-state index is 13.5. The molecule has 1 aliphatic rings. The van der Waals surface area contributed by atoms with Gasteiger partial charge in [-0.3, -0.25) is 9.59 Å². The number of carbonyl (C=O) groups is 2. The van der Waals surface area contributed by atoms with Gasteiger partial charge in [0.15, 0.2) is 11.6 Å². The van der Waals surface area contributed by atoms with Crippen molar-refractivity contribution < 1.29 is 23.5 Å². The van der Waals surface area contributed by atoms with Crippen molar-refractivity contribution >= 4 is 23.3 Å². The average Bonchev–Trinajstić information content (AvgIpc) is 2.74. The second-order valence-electron chi connectivity index (χ2n) is 5.83. The van der Waals surface area contributed by atoms with E-state index in [0.717, 1.165) is 12.1 Å². The van der Waals surface area contributed by atoms with Crippen LogP contribution in [0.15, 0.2) is 48.0 Å². The van der Waals surface area contributed by atoms with E-state index in [1.165, 1.54) is 18.0 Å². The van der Waals surface area contributed by atoms with Crippen molar-refractivity contribution in [3.8, 4) is 0 Å². The van der Waals surface area contributed by atoms with Crippen LogP contribution in [0.1, 0.15) is 17.5 Å². The van der Waals surface area contributed by atoms with E-state index in [-0.39, 0.29) is 24.3 Å². The number of hydrogen-bond donors (Lipinski definition) is 2. The van der Waals surface area contributed by atoms with E-state index in [0.29, 0.717) is 16.8 Å². The van der Waals surface area contributed by atoms with E-state index in [2.05, 4.69) is 5.32 Å². The minimum absolute atomic E-state index is 0.0264. The quantitative estimate of drug-likeness (QED) is 0.886. The molecule has 3 rings (SSSR count). The first-order valence-electron chi connectivity index (χ1n) is 7.90. The lowest BCUT2D eigenvalue weighted by molar-refractivity contribution is -0.121. The zero-order valence-corrected chi connectivity index (χ0v) is 13.9. The van der Waals surface area contributed by atoms with Crippen LogP contribution in [0.3, 0.4) is 0 Å². The fourth-order valence-corrected chi connectivity index (χ4v) is 2.87. The second kappa shape index (κ2) is 6.95. The fourth-order valence-electron chi connectivity index (χ4n) is 2.87. The molecule has 0 saturated heterocycles. The topological polar surface area (TPSA) is 69.6 Å². The van der Waals surface area contributed by atoms with Gasteiger partial charge in [0.2, 0.25) is 5.91 Å². The number of aliphatic hydroxyl groups excluding tert-OH is 1. The number of nitrogens with zero attached hydrogens (tertiary/aromatic N) is 1. The predicted octanol–water partition coefficient (Wildman–Crippen LogP) is 2.92. The molecule has 1 heterocycles. The molecule has 2 N–H and O–H groups in total. The largest absolute Gasteiger partial charge is 0.507 e. The van der Waals surface area contributed by atoms with Crippen LogP contribution in [0, 0.1) is 11.6 Å². The summed E-state index contributed by atoms with van der Waals surface area (Å²) in [5.41, 5.74) is 1.05. The van der Waals surface area contributed by atoms with Crippen LogP contribution in [0.5, 0.6) is 0 Å². The number of anilines is 1. The molecule has 7 heteroatoms. The van der Waals surface area contributed by atoms with Crippen LogP contribution in [0.2, 0.25) is 0 Å². The van der Waals surface area contributed by atoms with E-state index in [1.54, 1.807) is 24.3 Å². The van der Waals surface area contributed by atoms with E-state index in [1.807, 2.05) is 0 Å². The molecule has 1 aliphatic heterocycles. The van der Waals surface area contributed by atoms with Crippen LogP contribution in [-0.2, 0) is 16.1 Å². The van der Waals surface area contributed by atoms with Crippen LogP contribution >= 0.6 is 0 Å². The number of carbonyl (C=O) groups excluding carboxylic acids is 2. The molecule has 0 aliphatic carbocycles. The molecule has 0 aromatic heterocycles. The van der Waals surface area contributed by atoms with Crippen LogP contribution < -0.4 is 10.2 Å². The number of likely N-dealkylation sites (N-methyl/N-ethyl adjacent to an activating group) is 1. The summed E-state index contributed by atoms with van der Waals surface area (Å²) in [5.74, 6) is -3.26. The number of aliphatic hydroxyl groups is 1. The van der Waals surface area contributed by atoms with Gasteiger partial charge in [-0.05, 0) is 29.8 Å². The summed E-state index contributed by atoms with van der Waals surface area (Å²) >= 11 is 0. The Hall–Kier alpha value is -3.22. The van der Waals surface area contributed by atoms with E-state index in [4.69, 9.17) is 0 Å². The first-order chi connectivity index (χ1) is 12.4. The maximum absolute atomic E-state index is 13.5. The molecule has 134 valence electrons. The normalized spacial score (nSPS) is 14.1. The van der Waals surface area contributed by atoms with Crippen molar-refractivity contribution in [3.05, 3.63) is 70.8 Å². The number of halogens is 2. The van der Waals surface area contributed by atoms with Gasteiger partial charge in [0.1, 0.15) is 5.76 Å². The summed E-state index contributed by atoms with van der Waals surface area (Å²) in [5, 5.41) is 12.9. The molecule has 26 heavy (non-hydrogen) atoms. The molecule has 0 spiro atoms. The van der Waals surface area contributed by atoms with Gasteiger partial charge in [0, 0.05) is 12.6 Å². The molecular weight excluding hydrogens is 342 g/mol. The monoisotopic (exact) mass is 358 g/mol. The maximum Gasteiger partial charge on any atom is 0.251 e. The molecule has 2 aromatic rings. The lowest BCUT2D eigenvalue weighted by Crippen LogP contribution is -2.31. The van der Waals surface area contributed by atoms with E-state index < -0.39 is 23.4 Å². The van der Waals surface area contributed by atoms with Gasteiger partial charge in [-0.1, -0.05) is 18.2 Å². The molecule has 2 amide bonds. The Morgan fingerprint density at radius 2 is 1.92 bits per heavy atom. The molecule has 5 nitrogen and oxygen atoms in total. The standard InChI is InChI=1S/C19H16F2N2O3/c1-22-19(26)13-9-17(24)23(10-11-6-7-14(20)15(21)8-11)16-5-3-2-4-12(16)18(13)25/h2-8,25H,9-10H2,1H3,(H,22,26). The third kappa shape index (κ3) is 3.15. The zero-order chi connectivity index (χ0) is 18.8. The van der Waals surface area contributed by atoms with Crippen LogP contribution in [0.25, 0.3) is 5.76 Å². The van der Waals surface area contributed by atoms with Gasteiger partial charge in [0.25, 0.3) is 5.91 Å². The third-order valence-electron chi connectivity index (χ3n) is 4.19. The number of fused-ring (bicyclic) bond motifs is 1. The Morgan fingerprint density at radius 3 is 2.62 bits per heavy atom. The Bertz CT molecular complexity index is 925. The highest BCUT2D eigenvalue weighted by Crippen LogP contribution is 2.34. The van der Waals surface area contributed by atoms with Crippen molar-refractivity contribution in [2.24, 2.45) is 0 Å². The molecule has 0 fully saturated rings. The third-order valence-corrected chi connectivity index (χ3v) is 4.19. The van der Waals surface area contributed by atoms with Crippen molar-refractivity contribution in [2.45, 2.75) is 13.0 Å². The summed E-state index contributed by atoms with van der Waals surface area (Å²) in [6, 6.07) is 9.95. The number of nitrogens with one attached hydrogen (secondary N) is 1. The Labute approximate surface area is 148 Å². The van der Waals surface area contributed by atoms with Gasteiger partial charge in [0.05, 0.1) is 24.2 Å². The van der Waals surface area contributed by atoms with E-state index >= 15 is 0 Å². The number of para-hydroxylation sites is 1. The lowest BCUT2D eigenvalue weighted by atomic mass is 10.1. The van der Waals surface area contributed by atoms with Crippen molar-refractivity contribution in [1.82, 2.24) is 5.32 Å². The van der Waals surface area contributed by atoms with Gasteiger partial charge < -0.3 is 15.3 Å². The van der Waals surface area contributed by atoms with Gasteiger partial charge in [-0.2, -0.15) is 0 Å². The highest BCUT2D eigenvalue weighted by atomic mass is 19.2. The molecular formula is C19H16F2N2O3. The Balaban J connectivity index is 2.06. The van der Waals surface area contributed by atoms with Crippen LogP contribution in [-0.4, -0.2) is 24.0 Å². The molecule has 0 unspecified atom stereocenters. The summed E-state index contributed by atoms with van der Waals surface area (Å²) in [6.07, 6.45) is -0.316. The lowest BCUT2D eigenvalue weighted by Gasteiger charge is -2.23. The van der Waals surface area contributed by atoms with Crippen molar-refractivity contribution in [2.75, 3.05) is 11.9 Å². The smallest absolute Gasteiger partial charge is 0.251 e. The number of rotatable bonds is 3. The SMILES string of the molecule is CNC(=O)C1=C(O)c2ccccc2N(Cc2ccc(F)c(F)c2)C(=O)C1.